The van der Waals surface area contributed by atoms with Gasteiger partial charge in [0, 0.05) is 5.69 Å². The first-order valence-electron chi connectivity index (χ1n) is 7.71. The summed E-state index contributed by atoms with van der Waals surface area (Å²) >= 11 is 0. The zero-order valence-corrected chi connectivity index (χ0v) is 13.6. The van der Waals surface area contributed by atoms with Crippen molar-refractivity contribution in [3.8, 4) is 11.3 Å². The molecule has 0 aliphatic carbocycles. The van der Waals surface area contributed by atoms with Crippen LogP contribution in [0, 0.1) is 5.92 Å². The van der Waals surface area contributed by atoms with E-state index in [1.165, 1.54) is 6.07 Å². The molecule has 1 aromatic heterocycles. The average Bonchev–Trinajstić information content (AvgIpc) is 2.54. The van der Waals surface area contributed by atoms with Crippen molar-refractivity contribution in [1.82, 2.24) is 10.3 Å². The number of aliphatic carboxylic acids is 1. The number of benzene rings is 1. The second kappa shape index (κ2) is 7.59. The number of H-pyrrole nitrogens is 1. The number of hydrogen-bond donors (Lipinski definition) is 3. The summed E-state index contributed by atoms with van der Waals surface area (Å²) in [6.07, 6.45) is 0.293. The topological polar surface area (TPSA) is 99.3 Å². The standard InChI is InChI=1S/C18H20N2O4/c1-11(2)10-15(18(23)24)20-17(22)13-8-9-14(19-16(13)21)12-6-4-3-5-7-12/h3-9,11,15H,10H2,1-2H3,(H,19,21)(H,20,22)(H,23,24)/t15-/m1/s1. The van der Waals surface area contributed by atoms with Gasteiger partial charge in [-0.3, -0.25) is 9.59 Å². The summed E-state index contributed by atoms with van der Waals surface area (Å²) in [7, 11) is 0. The van der Waals surface area contributed by atoms with E-state index in [4.69, 9.17) is 0 Å². The zero-order chi connectivity index (χ0) is 17.7. The quantitative estimate of drug-likeness (QED) is 0.757. The zero-order valence-electron chi connectivity index (χ0n) is 13.6. The van der Waals surface area contributed by atoms with Gasteiger partial charge in [0.15, 0.2) is 0 Å². The van der Waals surface area contributed by atoms with Gasteiger partial charge < -0.3 is 15.4 Å². The van der Waals surface area contributed by atoms with E-state index in [2.05, 4.69) is 10.3 Å². The summed E-state index contributed by atoms with van der Waals surface area (Å²) in [6, 6.07) is 11.3. The molecule has 0 radical (unpaired) electrons. The van der Waals surface area contributed by atoms with Gasteiger partial charge in [-0.1, -0.05) is 44.2 Å². The van der Waals surface area contributed by atoms with Crippen LogP contribution in [-0.4, -0.2) is 28.0 Å². The largest absolute Gasteiger partial charge is 0.480 e. The van der Waals surface area contributed by atoms with Gasteiger partial charge in [-0.25, -0.2) is 4.79 Å². The van der Waals surface area contributed by atoms with Crippen LogP contribution in [0.15, 0.2) is 47.3 Å². The number of nitrogens with one attached hydrogen (secondary N) is 2. The Morgan fingerprint density at radius 2 is 1.79 bits per heavy atom. The second-order valence-corrected chi connectivity index (χ2v) is 5.97. The first-order valence-corrected chi connectivity index (χ1v) is 7.71. The molecule has 6 heteroatoms. The van der Waals surface area contributed by atoms with Gasteiger partial charge in [0.25, 0.3) is 11.5 Å². The number of carboxylic acid groups (broad SMARTS) is 1. The minimum Gasteiger partial charge on any atom is -0.480 e. The monoisotopic (exact) mass is 328 g/mol. The first kappa shape index (κ1) is 17.5. The lowest BCUT2D eigenvalue weighted by molar-refractivity contribution is -0.139. The minimum atomic E-state index is -1.12. The van der Waals surface area contributed by atoms with Gasteiger partial charge in [0.2, 0.25) is 0 Å². The van der Waals surface area contributed by atoms with Gasteiger partial charge >= 0.3 is 5.97 Å². The predicted molar refractivity (Wildman–Crippen MR) is 90.8 cm³/mol. The van der Waals surface area contributed by atoms with Crippen LogP contribution in [0.1, 0.15) is 30.6 Å². The van der Waals surface area contributed by atoms with Crippen LogP contribution in [0.2, 0.25) is 0 Å². The van der Waals surface area contributed by atoms with Crippen molar-refractivity contribution in [2.45, 2.75) is 26.3 Å². The molecule has 24 heavy (non-hydrogen) atoms. The van der Waals surface area contributed by atoms with Gasteiger partial charge in [-0.2, -0.15) is 0 Å². The predicted octanol–water partition coefficient (Wildman–Crippen LogP) is 2.27. The highest BCUT2D eigenvalue weighted by atomic mass is 16.4. The maximum Gasteiger partial charge on any atom is 0.326 e. The van der Waals surface area contributed by atoms with E-state index in [1.807, 2.05) is 44.2 Å². The molecule has 2 aromatic rings. The number of rotatable bonds is 6. The summed E-state index contributed by atoms with van der Waals surface area (Å²) in [6.45, 7) is 3.73. The second-order valence-electron chi connectivity index (χ2n) is 5.97. The Morgan fingerprint density at radius 3 is 2.33 bits per heavy atom. The van der Waals surface area contributed by atoms with Crippen molar-refractivity contribution in [3.05, 3.63) is 58.4 Å². The highest BCUT2D eigenvalue weighted by molar-refractivity contribution is 5.96. The molecule has 2 rings (SSSR count). The first-order chi connectivity index (χ1) is 11.4. The third kappa shape index (κ3) is 4.32. The highest BCUT2D eigenvalue weighted by Gasteiger charge is 2.23. The van der Waals surface area contributed by atoms with Crippen LogP contribution in [-0.2, 0) is 4.79 Å². The molecule has 0 unspecified atom stereocenters. The van der Waals surface area contributed by atoms with Crippen molar-refractivity contribution >= 4 is 11.9 Å². The molecule has 3 N–H and O–H groups in total. The number of hydrogen-bond acceptors (Lipinski definition) is 3. The number of amides is 1. The normalized spacial score (nSPS) is 12.0. The van der Waals surface area contributed by atoms with Gasteiger partial charge in [0.1, 0.15) is 11.6 Å². The van der Waals surface area contributed by atoms with Crippen molar-refractivity contribution in [2.24, 2.45) is 5.92 Å². The molecule has 1 heterocycles. The van der Waals surface area contributed by atoms with E-state index in [1.54, 1.807) is 6.07 Å². The molecule has 0 spiro atoms. The Hall–Kier alpha value is -2.89. The molecule has 0 saturated carbocycles. The fourth-order valence-corrected chi connectivity index (χ4v) is 2.37. The molecule has 0 aliphatic heterocycles. The van der Waals surface area contributed by atoms with Crippen LogP contribution in [0.3, 0.4) is 0 Å². The minimum absolute atomic E-state index is 0.102. The molecule has 1 amide bonds. The molecule has 0 saturated heterocycles. The fourth-order valence-electron chi connectivity index (χ4n) is 2.37. The number of aromatic nitrogens is 1. The third-order valence-corrected chi connectivity index (χ3v) is 3.55. The number of carbonyl (C=O) groups excluding carboxylic acids is 1. The smallest absolute Gasteiger partial charge is 0.326 e. The Balaban J connectivity index is 2.21. The van der Waals surface area contributed by atoms with E-state index >= 15 is 0 Å². The lowest BCUT2D eigenvalue weighted by Gasteiger charge is -2.16. The highest BCUT2D eigenvalue weighted by Crippen LogP contribution is 2.14. The van der Waals surface area contributed by atoms with E-state index in [0.717, 1.165) is 5.56 Å². The van der Waals surface area contributed by atoms with Crippen molar-refractivity contribution in [1.29, 1.82) is 0 Å². The van der Waals surface area contributed by atoms with Crippen LogP contribution in [0.5, 0.6) is 0 Å². The molecule has 0 fully saturated rings. The van der Waals surface area contributed by atoms with Crippen molar-refractivity contribution in [2.75, 3.05) is 0 Å². The molecule has 1 aromatic carbocycles. The molecule has 126 valence electrons. The molecular weight excluding hydrogens is 308 g/mol. The van der Waals surface area contributed by atoms with Crippen LogP contribution in [0.25, 0.3) is 11.3 Å². The van der Waals surface area contributed by atoms with Crippen LogP contribution < -0.4 is 10.9 Å². The van der Waals surface area contributed by atoms with E-state index in [-0.39, 0.29) is 11.5 Å². The Labute approximate surface area is 139 Å². The lowest BCUT2D eigenvalue weighted by Crippen LogP contribution is -2.43. The number of pyridine rings is 1. The average molecular weight is 328 g/mol. The SMILES string of the molecule is CC(C)C[C@@H](NC(=O)c1ccc(-c2ccccc2)[nH]c1=O)C(=O)O. The maximum absolute atomic E-state index is 12.2. The Morgan fingerprint density at radius 1 is 1.12 bits per heavy atom. The maximum atomic E-state index is 12.2. The molecule has 6 nitrogen and oxygen atoms in total. The number of aromatic amines is 1. The number of carboxylic acids is 1. The van der Waals surface area contributed by atoms with Crippen LogP contribution >= 0.6 is 0 Å². The van der Waals surface area contributed by atoms with E-state index < -0.39 is 23.5 Å². The molecular formula is C18H20N2O4. The number of carbonyl (C=O) groups is 2. The lowest BCUT2D eigenvalue weighted by atomic mass is 10.0. The molecule has 0 bridgehead atoms. The van der Waals surface area contributed by atoms with Gasteiger partial charge in [-0.15, -0.1) is 0 Å². The van der Waals surface area contributed by atoms with E-state index in [9.17, 15) is 19.5 Å². The van der Waals surface area contributed by atoms with E-state index in [0.29, 0.717) is 12.1 Å². The summed E-state index contributed by atoms with van der Waals surface area (Å²) in [5, 5.41) is 11.6. The molecule has 0 aliphatic rings. The van der Waals surface area contributed by atoms with Crippen LogP contribution in [0.4, 0.5) is 0 Å². The summed E-state index contributed by atoms with van der Waals surface area (Å²) < 4.78 is 0. The summed E-state index contributed by atoms with van der Waals surface area (Å²) in [5.41, 5.74) is 0.756. The van der Waals surface area contributed by atoms with Gasteiger partial charge in [-0.05, 0) is 30.0 Å². The van der Waals surface area contributed by atoms with Crippen molar-refractivity contribution < 1.29 is 14.7 Å². The molecule has 1 atom stereocenters. The summed E-state index contributed by atoms with van der Waals surface area (Å²) in [5.74, 6) is -1.71. The third-order valence-electron chi connectivity index (χ3n) is 3.55. The summed E-state index contributed by atoms with van der Waals surface area (Å²) in [4.78, 5) is 38.3. The Kier molecular flexibility index (Phi) is 5.52. The fraction of sp³-hybridized carbons (Fsp3) is 0.278. The Bertz CT molecular complexity index is 781. The van der Waals surface area contributed by atoms with Crippen molar-refractivity contribution in [3.63, 3.8) is 0 Å². The van der Waals surface area contributed by atoms with Gasteiger partial charge in [0.05, 0.1) is 0 Å².